The number of nitrogens with zero attached hydrogens (tertiary/aromatic N) is 1. The molecule has 2 N–H and O–H groups in total. The normalized spacial score (nSPS) is 22.8. The Bertz CT molecular complexity index is 292. The molecule has 1 atom stereocenters. The topological polar surface area (TPSA) is 69.6 Å². The van der Waals surface area contributed by atoms with Gasteiger partial charge in [0.15, 0.2) is 0 Å². The van der Waals surface area contributed by atoms with E-state index in [4.69, 9.17) is 5.11 Å². The van der Waals surface area contributed by atoms with E-state index in [0.29, 0.717) is 25.4 Å². The number of aliphatic hydroxyl groups is 1. The van der Waals surface area contributed by atoms with Gasteiger partial charge in [-0.2, -0.15) is 0 Å². The van der Waals surface area contributed by atoms with Crippen molar-refractivity contribution in [1.29, 1.82) is 0 Å². The maximum atomic E-state index is 11.6. The lowest BCUT2D eigenvalue weighted by molar-refractivity contribution is 0.287. The largest absolute Gasteiger partial charge is 0.396 e. The second kappa shape index (κ2) is 6.54. The fraction of sp³-hybridized carbons (Fsp3) is 1.00. The van der Waals surface area contributed by atoms with Crippen LogP contribution >= 0.6 is 0 Å². The first-order valence-electron chi connectivity index (χ1n) is 5.83. The molecule has 0 aliphatic carbocycles. The molecule has 1 heterocycles. The maximum absolute atomic E-state index is 11.6. The molecule has 16 heavy (non-hydrogen) atoms. The van der Waals surface area contributed by atoms with Crippen molar-refractivity contribution >= 4 is 10.0 Å². The van der Waals surface area contributed by atoms with Gasteiger partial charge in [-0.15, -0.1) is 0 Å². The fourth-order valence-electron chi connectivity index (χ4n) is 1.94. The molecule has 0 aromatic carbocycles. The molecule has 6 heteroatoms. The number of hydrogen-bond donors (Lipinski definition) is 2. The summed E-state index contributed by atoms with van der Waals surface area (Å²) in [7, 11) is -1.13. The molecule has 0 radical (unpaired) electrons. The van der Waals surface area contributed by atoms with Crippen LogP contribution in [-0.4, -0.2) is 57.0 Å². The van der Waals surface area contributed by atoms with Crippen molar-refractivity contribution in [2.24, 2.45) is 0 Å². The van der Waals surface area contributed by atoms with Crippen LogP contribution in [0, 0.1) is 0 Å². The highest BCUT2D eigenvalue weighted by molar-refractivity contribution is 7.89. The second-order valence-corrected chi connectivity index (χ2v) is 6.30. The van der Waals surface area contributed by atoms with Crippen LogP contribution in [0.2, 0.25) is 0 Å². The minimum atomic E-state index is -3.15. The molecule has 0 saturated carbocycles. The molecule has 5 nitrogen and oxygen atoms in total. The summed E-state index contributed by atoms with van der Waals surface area (Å²) in [6.45, 7) is 1.62. The summed E-state index contributed by atoms with van der Waals surface area (Å²) in [5.74, 6) is 0.115. The maximum Gasteiger partial charge on any atom is 0.211 e. The fourth-order valence-corrected chi connectivity index (χ4v) is 3.11. The second-order valence-electron chi connectivity index (χ2n) is 4.37. The zero-order chi connectivity index (χ0) is 12.0. The Morgan fingerprint density at radius 3 is 2.75 bits per heavy atom. The third-order valence-corrected chi connectivity index (χ3v) is 4.46. The Labute approximate surface area is 97.9 Å². The standard InChI is InChI=1S/C10H22N2O3S/c1-12-6-4-5-10(12)9-11-16(14,15)8-3-2-7-13/h10-11,13H,2-9H2,1H3. The summed E-state index contributed by atoms with van der Waals surface area (Å²) < 4.78 is 25.8. The lowest BCUT2D eigenvalue weighted by Crippen LogP contribution is -2.39. The van der Waals surface area contributed by atoms with E-state index in [1.807, 2.05) is 7.05 Å². The van der Waals surface area contributed by atoms with Crippen molar-refractivity contribution in [3.8, 4) is 0 Å². The van der Waals surface area contributed by atoms with Crippen LogP contribution in [-0.2, 0) is 10.0 Å². The number of unbranched alkanes of at least 4 members (excludes halogenated alkanes) is 1. The quantitative estimate of drug-likeness (QED) is 0.613. The monoisotopic (exact) mass is 250 g/mol. The molecule has 96 valence electrons. The summed E-state index contributed by atoms with van der Waals surface area (Å²) in [5.41, 5.74) is 0. The lowest BCUT2D eigenvalue weighted by atomic mass is 10.2. The molecule has 1 saturated heterocycles. The molecular weight excluding hydrogens is 228 g/mol. The molecular formula is C10H22N2O3S. The van der Waals surface area contributed by atoms with Gasteiger partial charge in [0.2, 0.25) is 10.0 Å². The van der Waals surface area contributed by atoms with Crippen molar-refractivity contribution in [3.63, 3.8) is 0 Å². The number of aliphatic hydroxyl groups excluding tert-OH is 1. The smallest absolute Gasteiger partial charge is 0.211 e. The minimum absolute atomic E-state index is 0.0564. The number of nitrogens with one attached hydrogen (secondary N) is 1. The molecule has 1 rings (SSSR count). The number of hydrogen-bond acceptors (Lipinski definition) is 4. The number of likely N-dealkylation sites (N-methyl/N-ethyl adjacent to an activating group) is 1. The Morgan fingerprint density at radius 2 is 2.19 bits per heavy atom. The van der Waals surface area contributed by atoms with E-state index >= 15 is 0 Å². The van der Waals surface area contributed by atoms with E-state index in [2.05, 4.69) is 9.62 Å². The van der Waals surface area contributed by atoms with Gasteiger partial charge in [0.05, 0.1) is 5.75 Å². The predicted octanol–water partition coefficient (Wildman–Crippen LogP) is -0.227. The van der Waals surface area contributed by atoms with Crippen LogP contribution in [0.4, 0.5) is 0 Å². The van der Waals surface area contributed by atoms with Crippen molar-refractivity contribution in [2.75, 3.05) is 32.5 Å². The molecule has 0 aromatic rings. The summed E-state index contributed by atoms with van der Waals surface area (Å²) in [6, 6.07) is 0.340. The van der Waals surface area contributed by atoms with Crippen molar-refractivity contribution in [2.45, 2.75) is 31.7 Å². The molecule has 1 fully saturated rings. The average Bonchev–Trinajstić information content (AvgIpc) is 2.62. The molecule has 1 aliphatic heterocycles. The van der Waals surface area contributed by atoms with Crippen molar-refractivity contribution in [1.82, 2.24) is 9.62 Å². The highest BCUT2D eigenvalue weighted by Gasteiger charge is 2.22. The van der Waals surface area contributed by atoms with E-state index < -0.39 is 10.0 Å². The molecule has 1 unspecified atom stereocenters. The first-order valence-corrected chi connectivity index (χ1v) is 7.49. The number of rotatable bonds is 7. The number of sulfonamides is 1. The summed E-state index contributed by atoms with van der Waals surface area (Å²) in [6.07, 6.45) is 3.28. The van der Waals surface area contributed by atoms with Gasteiger partial charge in [-0.05, 0) is 39.3 Å². The first-order chi connectivity index (χ1) is 7.55. The third kappa shape index (κ3) is 4.78. The van der Waals surface area contributed by atoms with Gasteiger partial charge in [-0.25, -0.2) is 13.1 Å². The molecule has 1 aliphatic rings. The van der Waals surface area contributed by atoms with Crippen molar-refractivity contribution < 1.29 is 13.5 Å². The lowest BCUT2D eigenvalue weighted by Gasteiger charge is -2.19. The van der Waals surface area contributed by atoms with Gasteiger partial charge in [0.1, 0.15) is 0 Å². The van der Waals surface area contributed by atoms with Gasteiger partial charge in [0, 0.05) is 19.2 Å². The average molecular weight is 250 g/mol. The highest BCUT2D eigenvalue weighted by atomic mass is 32.2. The van der Waals surface area contributed by atoms with Crippen LogP contribution in [0.25, 0.3) is 0 Å². The van der Waals surface area contributed by atoms with Gasteiger partial charge in [0.25, 0.3) is 0 Å². The van der Waals surface area contributed by atoms with E-state index in [-0.39, 0.29) is 12.4 Å². The van der Waals surface area contributed by atoms with E-state index in [1.54, 1.807) is 0 Å². The third-order valence-electron chi connectivity index (χ3n) is 3.03. The van der Waals surface area contributed by atoms with Gasteiger partial charge in [-0.3, -0.25) is 0 Å². The summed E-state index contributed by atoms with van der Waals surface area (Å²) in [4.78, 5) is 2.19. The van der Waals surface area contributed by atoms with Gasteiger partial charge < -0.3 is 10.0 Å². The Kier molecular flexibility index (Phi) is 5.68. The zero-order valence-corrected chi connectivity index (χ0v) is 10.7. The van der Waals surface area contributed by atoms with E-state index in [9.17, 15) is 8.42 Å². The van der Waals surface area contributed by atoms with Gasteiger partial charge in [-0.1, -0.05) is 0 Å². The van der Waals surface area contributed by atoms with E-state index in [1.165, 1.54) is 0 Å². The van der Waals surface area contributed by atoms with Crippen LogP contribution in [0.3, 0.4) is 0 Å². The summed E-state index contributed by atoms with van der Waals surface area (Å²) in [5, 5.41) is 8.58. The Balaban J connectivity index is 2.24. The van der Waals surface area contributed by atoms with Gasteiger partial charge >= 0.3 is 0 Å². The molecule has 0 bridgehead atoms. The zero-order valence-electron chi connectivity index (χ0n) is 9.85. The van der Waals surface area contributed by atoms with Crippen molar-refractivity contribution in [3.05, 3.63) is 0 Å². The predicted molar refractivity (Wildman–Crippen MR) is 63.8 cm³/mol. The first kappa shape index (κ1) is 13.9. The number of likely N-dealkylation sites (tertiary alicyclic amines) is 1. The minimum Gasteiger partial charge on any atom is -0.396 e. The Hall–Kier alpha value is -0.170. The SMILES string of the molecule is CN1CCCC1CNS(=O)(=O)CCCCO. The molecule has 0 aromatic heterocycles. The van der Waals surface area contributed by atoms with E-state index in [0.717, 1.165) is 19.4 Å². The Morgan fingerprint density at radius 1 is 1.44 bits per heavy atom. The van der Waals surface area contributed by atoms with Crippen LogP contribution in [0.5, 0.6) is 0 Å². The highest BCUT2D eigenvalue weighted by Crippen LogP contribution is 2.13. The van der Waals surface area contributed by atoms with Crippen LogP contribution < -0.4 is 4.72 Å². The van der Waals surface area contributed by atoms with Crippen LogP contribution in [0.15, 0.2) is 0 Å². The molecule has 0 amide bonds. The molecule has 0 spiro atoms. The summed E-state index contributed by atoms with van der Waals surface area (Å²) >= 11 is 0. The van der Waals surface area contributed by atoms with Crippen LogP contribution in [0.1, 0.15) is 25.7 Å².